The molecule has 2 fully saturated rings. The lowest BCUT2D eigenvalue weighted by Crippen LogP contribution is -2.25. The van der Waals surface area contributed by atoms with Crippen LogP contribution in [0.2, 0.25) is 0 Å². The van der Waals surface area contributed by atoms with E-state index in [0.29, 0.717) is 17.3 Å². The molecule has 4 rings (SSSR count). The first kappa shape index (κ1) is 18.0. The molecule has 1 saturated heterocycles. The lowest BCUT2D eigenvalue weighted by atomic mass is 10.2. The number of carbonyl (C=O) groups is 3. The molecular formula is C19H22N4O3S. The summed E-state index contributed by atoms with van der Waals surface area (Å²) in [5, 5.41) is 6.02. The van der Waals surface area contributed by atoms with Gasteiger partial charge >= 0.3 is 0 Å². The number of hydrogen-bond acceptors (Lipinski definition) is 5. The maximum absolute atomic E-state index is 12.3. The molecule has 1 atom stereocenters. The van der Waals surface area contributed by atoms with Crippen LogP contribution < -0.4 is 10.6 Å². The third kappa shape index (κ3) is 4.50. The van der Waals surface area contributed by atoms with E-state index in [1.807, 2.05) is 0 Å². The topological polar surface area (TPSA) is 90.9 Å². The SMILES string of the molecule is O=C(C[C@@H]1SC(N2CCCC2)=NC1=O)Nc1ccc(C(=O)NC2CC2)cc1. The van der Waals surface area contributed by atoms with E-state index in [0.717, 1.165) is 43.9 Å². The van der Waals surface area contributed by atoms with Crippen LogP contribution in [0, 0.1) is 0 Å². The van der Waals surface area contributed by atoms with Gasteiger partial charge in [-0.05, 0) is 49.9 Å². The first-order valence-corrected chi connectivity index (χ1v) is 10.2. The van der Waals surface area contributed by atoms with Crippen LogP contribution in [0.5, 0.6) is 0 Å². The zero-order valence-electron chi connectivity index (χ0n) is 14.9. The molecule has 27 heavy (non-hydrogen) atoms. The molecule has 0 bridgehead atoms. The fourth-order valence-electron chi connectivity index (χ4n) is 3.13. The Morgan fingerprint density at radius 2 is 1.85 bits per heavy atom. The summed E-state index contributed by atoms with van der Waals surface area (Å²) >= 11 is 1.39. The number of anilines is 1. The third-order valence-electron chi connectivity index (χ3n) is 4.82. The Morgan fingerprint density at radius 1 is 1.15 bits per heavy atom. The predicted molar refractivity (Wildman–Crippen MR) is 105 cm³/mol. The highest BCUT2D eigenvalue weighted by Gasteiger charge is 2.33. The summed E-state index contributed by atoms with van der Waals surface area (Å²) in [5.74, 6) is -0.548. The monoisotopic (exact) mass is 386 g/mol. The molecule has 2 N–H and O–H groups in total. The van der Waals surface area contributed by atoms with Crippen molar-refractivity contribution in [2.45, 2.75) is 43.4 Å². The number of nitrogens with zero attached hydrogens (tertiary/aromatic N) is 2. The van der Waals surface area contributed by atoms with E-state index in [2.05, 4.69) is 20.5 Å². The van der Waals surface area contributed by atoms with Crippen LogP contribution in [-0.2, 0) is 9.59 Å². The highest BCUT2D eigenvalue weighted by atomic mass is 32.2. The fourth-order valence-corrected chi connectivity index (χ4v) is 4.25. The summed E-state index contributed by atoms with van der Waals surface area (Å²) in [6.45, 7) is 1.86. The Morgan fingerprint density at radius 3 is 2.52 bits per heavy atom. The van der Waals surface area contributed by atoms with E-state index in [-0.39, 0.29) is 24.1 Å². The van der Waals surface area contributed by atoms with E-state index in [9.17, 15) is 14.4 Å². The summed E-state index contributed by atoms with van der Waals surface area (Å²) < 4.78 is 0. The van der Waals surface area contributed by atoms with Crippen molar-refractivity contribution in [1.29, 1.82) is 0 Å². The molecule has 1 aliphatic carbocycles. The second kappa shape index (κ2) is 7.72. The van der Waals surface area contributed by atoms with Crippen LogP contribution in [-0.4, -0.2) is 52.2 Å². The molecule has 0 aromatic heterocycles. The van der Waals surface area contributed by atoms with Gasteiger partial charge in [-0.25, -0.2) is 0 Å². The Balaban J connectivity index is 1.28. The first-order valence-electron chi connectivity index (χ1n) is 9.33. The standard InChI is InChI=1S/C19H22N4O3S/c24-16(11-15-18(26)22-19(27-15)23-9-1-2-10-23)20-13-5-3-12(4-6-13)17(25)21-14-7-8-14/h3-6,14-15H,1-2,7-11H2,(H,20,24)(H,21,25)/t15-/m0/s1. The van der Waals surface area contributed by atoms with E-state index >= 15 is 0 Å². The highest BCUT2D eigenvalue weighted by molar-refractivity contribution is 8.15. The van der Waals surface area contributed by atoms with Crippen molar-refractivity contribution in [3.63, 3.8) is 0 Å². The highest BCUT2D eigenvalue weighted by Crippen LogP contribution is 2.29. The average molecular weight is 386 g/mol. The molecule has 2 aliphatic heterocycles. The van der Waals surface area contributed by atoms with Gasteiger partial charge in [-0.15, -0.1) is 0 Å². The number of thioether (sulfide) groups is 1. The van der Waals surface area contributed by atoms with Crippen LogP contribution >= 0.6 is 11.8 Å². The van der Waals surface area contributed by atoms with Crippen molar-refractivity contribution < 1.29 is 14.4 Å². The minimum atomic E-state index is -0.454. The van der Waals surface area contributed by atoms with Gasteiger partial charge in [0.2, 0.25) is 5.91 Å². The number of rotatable bonds is 5. The van der Waals surface area contributed by atoms with Gasteiger partial charge in [0.05, 0.1) is 0 Å². The summed E-state index contributed by atoms with van der Waals surface area (Å²) in [6.07, 6.45) is 4.41. The second-order valence-corrected chi connectivity index (χ2v) is 8.28. The fraction of sp³-hybridized carbons (Fsp3) is 0.474. The van der Waals surface area contributed by atoms with Crippen LogP contribution in [0.4, 0.5) is 5.69 Å². The van der Waals surface area contributed by atoms with Crippen molar-refractivity contribution >= 4 is 40.3 Å². The Bertz CT molecular complexity index is 783. The van der Waals surface area contributed by atoms with Crippen LogP contribution in [0.3, 0.4) is 0 Å². The number of benzene rings is 1. The Kier molecular flexibility index (Phi) is 5.15. The molecule has 0 spiro atoms. The van der Waals surface area contributed by atoms with Crippen molar-refractivity contribution in [1.82, 2.24) is 10.2 Å². The van der Waals surface area contributed by atoms with Gasteiger partial charge in [0.15, 0.2) is 5.17 Å². The minimum absolute atomic E-state index is 0.0880. The van der Waals surface area contributed by atoms with E-state index in [1.165, 1.54) is 11.8 Å². The molecule has 2 heterocycles. The summed E-state index contributed by atoms with van der Waals surface area (Å²) in [5.41, 5.74) is 1.18. The molecule has 3 aliphatic rings. The van der Waals surface area contributed by atoms with Gasteiger partial charge in [0, 0.05) is 36.8 Å². The maximum Gasteiger partial charge on any atom is 0.262 e. The van der Waals surface area contributed by atoms with E-state index < -0.39 is 5.25 Å². The molecule has 7 nitrogen and oxygen atoms in total. The molecule has 1 saturated carbocycles. The molecule has 8 heteroatoms. The van der Waals surface area contributed by atoms with Crippen molar-refractivity contribution in [3.05, 3.63) is 29.8 Å². The van der Waals surface area contributed by atoms with Crippen molar-refractivity contribution in [2.75, 3.05) is 18.4 Å². The van der Waals surface area contributed by atoms with Gasteiger partial charge in [0.25, 0.3) is 11.8 Å². The number of hydrogen-bond donors (Lipinski definition) is 2. The minimum Gasteiger partial charge on any atom is -0.351 e. The lowest BCUT2D eigenvalue weighted by Gasteiger charge is -2.16. The van der Waals surface area contributed by atoms with E-state index in [4.69, 9.17) is 0 Å². The van der Waals surface area contributed by atoms with Crippen LogP contribution in [0.15, 0.2) is 29.3 Å². The number of likely N-dealkylation sites (tertiary alicyclic amines) is 1. The van der Waals surface area contributed by atoms with Crippen LogP contribution in [0.25, 0.3) is 0 Å². The van der Waals surface area contributed by atoms with Gasteiger partial charge in [0.1, 0.15) is 5.25 Å². The zero-order valence-corrected chi connectivity index (χ0v) is 15.8. The van der Waals surface area contributed by atoms with Crippen molar-refractivity contribution in [3.8, 4) is 0 Å². The van der Waals surface area contributed by atoms with E-state index in [1.54, 1.807) is 24.3 Å². The number of amidine groups is 1. The molecule has 1 aromatic carbocycles. The normalized spacial score (nSPS) is 21.9. The van der Waals surface area contributed by atoms with Gasteiger partial charge in [-0.2, -0.15) is 4.99 Å². The third-order valence-corrected chi connectivity index (χ3v) is 6.03. The molecule has 3 amide bonds. The number of aliphatic imine (C=N–C) groups is 1. The summed E-state index contributed by atoms with van der Waals surface area (Å²) in [6, 6.07) is 7.10. The van der Waals surface area contributed by atoms with Crippen LogP contribution in [0.1, 0.15) is 42.5 Å². The quantitative estimate of drug-likeness (QED) is 0.808. The molecule has 0 radical (unpaired) electrons. The predicted octanol–water partition coefficient (Wildman–Crippen LogP) is 2.00. The Labute approximate surface area is 162 Å². The number of amides is 3. The van der Waals surface area contributed by atoms with Gasteiger partial charge < -0.3 is 15.5 Å². The summed E-state index contributed by atoms with van der Waals surface area (Å²) in [4.78, 5) is 42.6. The lowest BCUT2D eigenvalue weighted by molar-refractivity contribution is -0.121. The molecule has 0 unspecified atom stereocenters. The largest absolute Gasteiger partial charge is 0.351 e. The number of nitrogens with one attached hydrogen (secondary N) is 2. The second-order valence-electron chi connectivity index (χ2n) is 7.11. The van der Waals surface area contributed by atoms with Crippen molar-refractivity contribution in [2.24, 2.45) is 4.99 Å². The number of carbonyl (C=O) groups excluding carboxylic acids is 3. The Hall–Kier alpha value is -2.35. The summed E-state index contributed by atoms with van der Waals surface area (Å²) in [7, 11) is 0. The molecule has 1 aromatic rings. The zero-order chi connectivity index (χ0) is 18.8. The van der Waals surface area contributed by atoms with Gasteiger partial charge in [-0.1, -0.05) is 11.8 Å². The molecular weight excluding hydrogens is 364 g/mol. The smallest absolute Gasteiger partial charge is 0.262 e. The average Bonchev–Trinajstić information content (AvgIpc) is 3.15. The maximum atomic E-state index is 12.3. The molecule has 142 valence electrons. The first-order chi connectivity index (χ1) is 13.1. The van der Waals surface area contributed by atoms with Gasteiger partial charge in [-0.3, -0.25) is 14.4 Å².